The minimum atomic E-state index is -1.23. The van der Waals surface area contributed by atoms with E-state index >= 15 is 0 Å². The molecule has 0 aliphatic rings. The maximum atomic E-state index is 13.2. The first-order valence-corrected chi connectivity index (χ1v) is 11.8. The molecule has 0 aliphatic heterocycles. The molecule has 2 rings (SSSR count). The minimum absolute atomic E-state index is 0.0605. The molecule has 14 heteroatoms. The second-order valence-electron chi connectivity index (χ2n) is 8.04. The van der Waals surface area contributed by atoms with Gasteiger partial charge < -0.3 is 43.2 Å². The molecular formula is C22H32N8O5S. The van der Waals surface area contributed by atoms with Crippen LogP contribution in [0.25, 0.3) is 10.9 Å². The number of H-pyrrole nitrogens is 1. The molecule has 0 radical (unpaired) electrons. The number of hydrogen-bond donors (Lipinski definition) is 9. The Kier molecular flexibility index (Phi) is 11.0. The van der Waals surface area contributed by atoms with Crippen LogP contribution in [0.5, 0.6) is 0 Å². The lowest BCUT2D eigenvalue weighted by atomic mass is 10.0. The molecular weight excluding hydrogens is 488 g/mol. The maximum absolute atomic E-state index is 13.2. The second-order valence-corrected chi connectivity index (χ2v) is 8.40. The molecule has 1 heterocycles. The highest BCUT2D eigenvalue weighted by atomic mass is 32.1. The fraction of sp³-hybridized carbons (Fsp3) is 0.409. The lowest BCUT2D eigenvalue weighted by molar-refractivity contribution is -0.138. The van der Waals surface area contributed by atoms with Crippen LogP contribution in [-0.2, 0) is 25.6 Å². The monoisotopic (exact) mass is 520 g/mol. The van der Waals surface area contributed by atoms with Crippen molar-refractivity contribution >= 4 is 53.2 Å². The molecule has 3 amide bonds. The number of aliphatic carboxylic acids is 1. The Balaban J connectivity index is 2.15. The van der Waals surface area contributed by atoms with Gasteiger partial charge in [0.1, 0.15) is 18.6 Å². The van der Waals surface area contributed by atoms with Crippen molar-refractivity contribution in [3.8, 4) is 0 Å². The molecule has 2 aromatic rings. The van der Waals surface area contributed by atoms with Crippen LogP contribution >= 0.6 is 12.6 Å². The van der Waals surface area contributed by atoms with E-state index in [9.17, 15) is 19.2 Å². The Morgan fingerprint density at radius 1 is 1.06 bits per heavy atom. The van der Waals surface area contributed by atoms with Crippen LogP contribution in [0, 0.1) is 0 Å². The zero-order valence-corrected chi connectivity index (χ0v) is 20.5. The van der Waals surface area contributed by atoms with Crippen LogP contribution in [0.15, 0.2) is 35.5 Å². The fourth-order valence-electron chi connectivity index (χ4n) is 3.41. The highest BCUT2D eigenvalue weighted by Gasteiger charge is 2.28. The van der Waals surface area contributed by atoms with Crippen molar-refractivity contribution < 1.29 is 24.3 Å². The van der Waals surface area contributed by atoms with Crippen molar-refractivity contribution in [2.45, 2.75) is 37.4 Å². The third-order valence-corrected chi connectivity index (χ3v) is 5.63. The Bertz CT molecular complexity index is 1100. The molecule has 196 valence electrons. The molecule has 11 N–H and O–H groups in total. The number of carboxylic acids is 1. The molecule has 3 atom stereocenters. The Morgan fingerprint density at radius 2 is 1.75 bits per heavy atom. The number of nitrogens with zero attached hydrogens (tertiary/aromatic N) is 1. The predicted octanol–water partition coefficient (Wildman–Crippen LogP) is -1.81. The smallest absolute Gasteiger partial charge is 0.322 e. The van der Waals surface area contributed by atoms with Crippen LogP contribution in [-0.4, -0.2) is 76.7 Å². The summed E-state index contributed by atoms with van der Waals surface area (Å²) >= 11 is 4.08. The summed E-state index contributed by atoms with van der Waals surface area (Å²) in [5.74, 6) is -3.30. The molecule has 0 saturated heterocycles. The second kappa shape index (κ2) is 13.9. The number of guanidine groups is 1. The van der Waals surface area contributed by atoms with Crippen LogP contribution < -0.4 is 33.2 Å². The van der Waals surface area contributed by atoms with Gasteiger partial charge in [-0.1, -0.05) is 18.2 Å². The summed E-state index contributed by atoms with van der Waals surface area (Å²) in [6, 6.07) is 4.36. The number of rotatable bonds is 14. The number of carbonyl (C=O) groups is 4. The van der Waals surface area contributed by atoms with Gasteiger partial charge in [0.15, 0.2) is 5.96 Å². The number of carbonyl (C=O) groups excluding carboxylic acids is 3. The van der Waals surface area contributed by atoms with Crippen LogP contribution in [0.1, 0.15) is 18.4 Å². The molecule has 0 aliphatic carbocycles. The number of nitrogens with two attached hydrogens (primary N) is 3. The summed E-state index contributed by atoms with van der Waals surface area (Å²) in [4.78, 5) is 55.9. The van der Waals surface area contributed by atoms with Gasteiger partial charge in [0, 0.05) is 35.8 Å². The number of carboxylic acid groups (broad SMARTS) is 1. The van der Waals surface area contributed by atoms with E-state index < -0.39 is 48.4 Å². The molecule has 1 aromatic carbocycles. The summed E-state index contributed by atoms with van der Waals surface area (Å²) in [6.45, 7) is -0.305. The van der Waals surface area contributed by atoms with Crippen molar-refractivity contribution in [1.29, 1.82) is 0 Å². The van der Waals surface area contributed by atoms with Crippen molar-refractivity contribution in [1.82, 2.24) is 20.9 Å². The van der Waals surface area contributed by atoms with Crippen LogP contribution in [0.3, 0.4) is 0 Å². The van der Waals surface area contributed by atoms with Crippen LogP contribution in [0.4, 0.5) is 0 Å². The summed E-state index contributed by atoms with van der Waals surface area (Å²) < 4.78 is 0. The van der Waals surface area contributed by atoms with Gasteiger partial charge in [-0.25, -0.2) is 0 Å². The van der Waals surface area contributed by atoms with E-state index in [1.807, 2.05) is 24.3 Å². The largest absolute Gasteiger partial charge is 0.480 e. The average Bonchev–Trinajstić information content (AvgIpc) is 3.25. The van der Waals surface area contributed by atoms with E-state index in [1.54, 1.807) is 6.20 Å². The zero-order valence-electron chi connectivity index (χ0n) is 19.6. The lowest BCUT2D eigenvalue weighted by Crippen LogP contribution is -2.57. The first-order chi connectivity index (χ1) is 17.1. The summed E-state index contributed by atoms with van der Waals surface area (Å²) in [5, 5.41) is 17.0. The number of aliphatic imine (C=N–C) groups is 1. The van der Waals surface area contributed by atoms with Gasteiger partial charge in [0.25, 0.3) is 0 Å². The van der Waals surface area contributed by atoms with Crippen LogP contribution in [0.2, 0.25) is 0 Å². The van der Waals surface area contributed by atoms with E-state index in [-0.39, 0.29) is 24.6 Å². The molecule has 1 aromatic heterocycles. The highest BCUT2D eigenvalue weighted by Crippen LogP contribution is 2.19. The SMILES string of the molecule is NC(N)=NCCCC(N)C(=O)NC(Cc1c[nH]c2ccccc12)C(=O)NC(CS)C(=O)NCC(=O)O. The minimum Gasteiger partial charge on any atom is -0.480 e. The van der Waals surface area contributed by atoms with E-state index in [0.29, 0.717) is 13.0 Å². The molecule has 13 nitrogen and oxygen atoms in total. The van der Waals surface area contributed by atoms with E-state index in [1.165, 1.54) is 0 Å². The highest BCUT2D eigenvalue weighted by molar-refractivity contribution is 7.80. The van der Waals surface area contributed by atoms with Gasteiger partial charge in [-0.15, -0.1) is 0 Å². The first-order valence-electron chi connectivity index (χ1n) is 11.2. The summed E-state index contributed by atoms with van der Waals surface area (Å²) in [5.41, 5.74) is 18.2. The number of hydrogen-bond acceptors (Lipinski definition) is 7. The normalized spacial score (nSPS) is 13.3. The number of para-hydroxylation sites is 1. The molecule has 3 unspecified atom stereocenters. The van der Waals surface area contributed by atoms with E-state index in [4.69, 9.17) is 22.3 Å². The Morgan fingerprint density at radius 3 is 2.42 bits per heavy atom. The molecule has 0 bridgehead atoms. The van der Waals surface area contributed by atoms with Crippen molar-refractivity contribution in [3.05, 3.63) is 36.0 Å². The zero-order chi connectivity index (χ0) is 26.7. The standard InChI is InChI=1S/C22H32N8O5S/c23-14(5-3-7-26-22(24)25)19(33)29-16(8-12-9-27-15-6-2-1-4-13(12)15)21(35)30-17(11-36)20(34)28-10-18(31)32/h1-2,4,6,9,14,16-17,27,36H,3,5,7-8,10-11,23H2,(H,28,34)(H,29,33)(H,30,35)(H,31,32)(H4,24,25,26). The number of amides is 3. The fourth-order valence-corrected chi connectivity index (χ4v) is 3.67. The van der Waals surface area contributed by atoms with Gasteiger partial charge in [-0.05, 0) is 24.5 Å². The van der Waals surface area contributed by atoms with Crippen molar-refractivity contribution in [2.75, 3.05) is 18.8 Å². The summed E-state index contributed by atoms with van der Waals surface area (Å²) in [7, 11) is 0. The molecule has 36 heavy (non-hydrogen) atoms. The number of aromatic nitrogens is 1. The summed E-state index contributed by atoms with van der Waals surface area (Å²) in [6.07, 6.45) is 2.58. The number of nitrogens with one attached hydrogen (secondary N) is 4. The lowest BCUT2D eigenvalue weighted by Gasteiger charge is -2.23. The van der Waals surface area contributed by atoms with Gasteiger partial charge in [-0.3, -0.25) is 24.2 Å². The van der Waals surface area contributed by atoms with Gasteiger partial charge in [-0.2, -0.15) is 12.6 Å². The van der Waals surface area contributed by atoms with Gasteiger partial charge in [0.2, 0.25) is 17.7 Å². The van der Waals surface area contributed by atoms with Crippen molar-refractivity contribution in [2.24, 2.45) is 22.2 Å². The molecule has 0 spiro atoms. The number of aromatic amines is 1. The average molecular weight is 521 g/mol. The number of thiol groups is 1. The maximum Gasteiger partial charge on any atom is 0.322 e. The van der Waals surface area contributed by atoms with Gasteiger partial charge >= 0.3 is 5.97 Å². The third kappa shape index (κ3) is 8.78. The van der Waals surface area contributed by atoms with Crippen molar-refractivity contribution in [3.63, 3.8) is 0 Å². The predicted molar refractivity (Wildman–Crippen MR) is 138 cm³/mol. The first kappa shape index (κ1) is 28.5. The third-order valence-electron chi connectivity index (χ3n) is 5.27. The Labute approximate surface area is 213 Å². The van der Waals surface area contributed by atoms with E-state index in [0.717, 1.165) is 16.5 Å². The number of fused-ring (bicyclic) bond motifs is 1. The molecule has 0 saturated carbocycles. The topological polar surface area (TPSA) is 231 Å². The quantitative estimate of drug-likeness (QED) is 0.0595. The molecule has 0 fully saturated rings. The van der Waals surface area contributed by atoms with E-state index in [2.05, 4.69) is 38.6 Å². The number of benzene rings is 1. The van der Waals surface area contributed by atoms with Gasteiger partial charge in [0.05, 0.1) is 6.04 Å². The Hall–Kier alpha value is -3.78.